The van der Waals surface area contributed by atoms with Gasteiger partial charge in [-0.15, -0.1) is 0 Å². The van der Waals surface area contributed by atoms with Crippen molar-refractivity contribution in [3.8, 4) is 23.0 Å². The Labute approximate surface area is 229 Å². The minimum atomic E-state index is -0.516. The highest BCUT2D eigenvalue weighted by molar-refractivity contribution is 5.92. The Hall–Kier alpha value is -4.33. The van der Waals surface area contributed by atoms with Gasteiger partial charge < -0.3 is 18.9 Å². The molecule has 0 fully saturated rings. The highest BCUT2D eigenvalue weighted by Gasteiger charge is 2.13. The topological polar surface area (TPSA) is 95.5 Å². The molecule has 0 bridgehead atoms. The molecule has 0 aromatic heterocycles. The van der Waals surface area contributed by atoms with Gasteiger partial charge in [-0.05, 0) is 85.0 Å². The fourth-order valence-corrected chi connectivity index (χ4v) is 3.52. The summed E-state index contributed by atoms with van der Waals surface area (Å²) in [5, 5.41) is 3.97. The SMILES string of the molecule is CCCCOc1ccc(C(=O)Oc2ccc(/C=N\NC(=O)COc3ccc(CCCC)cc3)cc2OC)cc1. The molecule has 0 spiro atoms. The number of carbonyl (C=O) groups excluding carboxylic acids is 2. The number of hydrogen-bond donors (Lipinski definition) is 1. The molecular formula is C31H36N2O6. The summed E-state index contributed by atoms with van der Waals surface area (Å²) < 4.78 is 22.0. The standard InChI is InChI=1S/C31H36N2O6/c1-4-6-8-23-9-14-27(15-10-23)38-22-30(34)33-32-21-24-11-18-28(29(20-24)36-3)39-31(35)25-12-16-26(17-13-25)37-19-7-5-2/h9-18,20-21H,4-8,19,22H2,1-3H3,(H,33,34)/b32-21-. The van der Waals surface area contributed by atoms with E-state index in [0.29, 0.717) is 35.0 Å². The van der Waals surface area contributed by atoms with Crippen molar-refractivity contribution in [2.75, 3.05) is 20.3 Å². The summed E-state index contributed by atoms with van der Waals surface area (Å²) in [4.78, 5) is 24.7. The Kier molecular flexibility index (Phi) is 11.9. The molecule has 8 nitrogen and oxygen atoms in total. The summed E-state index contributed by atoms with van der Waals surface area (Å²) in [6, 6.07) is 19.5. The highest BCUT2D eigenvalue weighted by Crippen LogP contribution is 2.28. The molecule has 0 unspecified atom stereocenters. The maximum absolute atomic E-state index is 12.6. The number of ether oxygens (including phenoxy) is 4. The Balaban J connectivity index is 1.49. The Morgan fingerprint density at radius 2 is 1.54 bits per heavy atom. The number of nitrogens with zero attached hydrogens (tertiary/aromatic N) is 1. The molecule has 0 saturated heterocycles. The van der Waals surface area contributed by atoms with Gasteiger partial charge in [0.05, 0.1) is 25.5 Å². The fourth-order valence-electron chi connectivity index (χ4n) is 3.52. The second-order valence-electron chi connectivity index (χ2n) is 8.86. The van der Waals surface area contributed by atoms with E-state index in [1.165, 1.54) is 18.9 Å². The third-order valence-corrected chi connectivity index (χ3v) is 5.76. The summed E-state index contributed by atoms with van der Waals surface area (Å²) >= 11 is 0. The van der Waals surface area contributed by atoms with E-state index < -0.39 is 5.97 Å². The van der Waals surface area contributed by atoms with Crippen LogP contribution in [0.5, 0.6) is 23.0 Å². The molecule has 206 valence electrons. The lowest BCUT2D eigenvalue weighted by molar-refractivity contribution is -0.123. The average Bonchev–Trinajstić information content (AvgIpc) is 2.96. The van der Waals surface area contributed by atoms with E-state index in [1.54, 1.807) is 42.5 Å². The van der Waals surface area contributed by atoms with Crippen LogP contribution in [0, 0.1) is 0 Å². The molecule has 0 radical (unpaired) electrons. The lowest BCUT2D eigenvalue weighted by Gasteiger charge is -2.10. The van der Waals surface area contributed by atoms with Gasteiger partial charge in [0, 0.05) is 0 Å². The summed E-state index contributed by atoms with van der Waals surface area (Å²) in [7, 11) is 1.48. The van der Waals surface area contributed by atoms with Gasteiger partial charge in [-0.1, -0.05) is 38.8 Å². The number of amides is 1. The van der Waals surface area contributed by atoms with E-state index in [9.17, 15) is 9.59 Å². The molecule has 0 atom stereocenters. The summed E-state index contributed by atoms with van der Waals surface area (Å²) in [6.07, 6.45) is 6.81. The van der Waals surface area contributed by atoms with Crippen LogP contribution in [0.4, 0.5) is 0 Å². The van der Waals surface area contributed by atoms with Crippen LogP contribution in [0.15, 0.2) is 71.8 Å². The number of aryl methyl sites for hydroxylation is 1. The van der Waals surface area contributed by atoms with Gasteiger partial charge in [-0.25, -0.2) is 10.2 Å². The zero-order chi connectivity index (χ0) is 27.9. The molecule has 0 heterocycles. The largest absolute Gasteiger partial charge is 0.494 e. The van der Waals surface area contributed by atoms with Crippen molar-refractivity contribution in [2.24, 2.45) is 5.10 Å². The van der Waals surface area contributed by atoms with Gasteiger partial charge in [-0.3, -0.25) is 4.79 Å². The molecule has 0 aliphatic heterocycles. The quantitative estimate of drug-likeness (QED) is 0.0853. The van der Waals surface area contributed by atoms with E-state index in [2.05, 4.69) is 24.4 Å². The molecule has 3 aromatic carbocycles. The maximum Gasteiger partial charge on any atom is 0.343 e. The van der Waals surface area contributed by atoms with Crippen molar-refractivity contribution >= 4 is 18.1 Å². The van der Waals surface area contributed by atoms with Crippen LogP contribution in [0.2, 0.25) is 0 Å². The lowest BCUT2D eigenvalue weighted by atomic mass is 10.1. The van der Waals surface area contributed by atoms with Crippen LogP contribution in [0.25, 0.3) is 0 Å². The van der Waals surface area contributed by atoms with Crippen LogP contribution >= 0.6 is 0 Å². The van der Waals surface area contributed by atoms with E-state index in [-0.39, 0.29) is 18.3 Å². The Bertz CT molecular complexity index is 1220. The second-order valence-corrected chi connectivity index (χ2v) is 8.86. The molecule has 3 aromatic rings. The molecule has 8 heteroatoms. The normalized spacial score (nSPS) is 10.7. The number of nitrogens with one attached hydrogen (secondary N) is 1. The summed E-state index contributed by atoms with van der Waals surface area (Å²) in [5.74, 6) is 1.04. The third kappa shape index (κ3) is 9.81. The zero-order valence-corrected chi connectivity index (χ0v) is 22.8. The van der Waals surface area contributed by atoms with E-state index >= 15 is 0 Å². The molecule has 0 aliphatic rings. The zero-order valence-electron chi connectivity index (χ0n) is 22.8. The molecule has 0 saturated carbocycles. The predicted octanol–water partition coefficient (Wildman–Crippen LogP) is 5.97. The number of methoxy groups -OCH3 is 1. The molecular weight excluding hydrogens is 496 g/mol. The van der Waals surface area contributed by atoms with Gasteiger partial charge in [0.15, 0.2) is 18.1 Å². The van der Waals surface area contributed by atoms with Crippen molar-refractivity contribution in [1.82, 2.24) is 5.43 Å². The van der Waals surface area contributed by atoms with Crippen molar-refractivity contribution in [1.29, 1.82) is 0 Å². The number of esters is 1. The summed E-state index contributed by atoms with van der Waals surface area (Å²) in [5.41, 5.74) is 4.72. The molecule has 0 aliphatic carbocycles. The van der Waals surface area contributed by atoms with Gasteiger partial charge in [0.25, 0.3) is 5.91 Å². The first-order valence-electron chi connectivity index (χ1n) is 13.2. The van der Waals surface area contributed by atoms with Crippen LogP contribution in [-0.4, -0.2) is 38.4 Å². The minimum Gasteiger partial charge on any atom is -0.494 e. The van der Waals surface area contributed by atoms with Crippen LogP contribution in [0.1, 0.15) is 61.0 Å². The second kappa shape index (κ2) is 15.8. The first-order chi connectivity index (χ1) is 19.0. The lowest BCUT2D eigenvalue weighted by Crippen LogP contribution is -2.24. The van der Waals surface area contributed by atoms with Gasteiger partial charge in [0.1, 0.15) is 11.5 Å². The predicted molar refractivity (Wildman–Crippen MR) is 151 cm³/mol. The first kappa shape index (κ1) is 29.2. The summed E-state index contributed by atoms with van der Waals surface area (Å²) in [6.45, 7) is 4.74. The van der Waals surface area contributed by atoms with Crippen molar-refractivity contribution in [2.45, 2.75) is 46.0 Å². The van der Waals surface area contributed by atoms with E-state index in [4.69, 9.17) is 18.9 Å². The number of hydrogen-bond acceptors (Lipinski definition) is 7. The van der Waals surface area contributed by atoms with Gasteiger partial charge in [0.2, 0.25) is 0 Å². The Morgan fingerprint density at radius 3 is 2.23 bits per heavy atom. The van der Waals surface area contributed by atoms with Crippen LogP contribution in [-0.2, 0) is 11.2 Å². The number of rotatable bonds is 15. The van der Waals surface area contributed by atoms with Crippen LogP contribution in [0.3, 0.4) is 0 Å². The average molecular weight is 533 g/mol. The minimum absolute atomic E-state index is 0.157. The molecule has 39 heavy (non-hydrogen) atoms. The Morgan fingerprint density at radius 1 is 0.846 bits per heavy atom. The van der Waals surface area contributed by atoms with Crippen molar-refractivity contribution < 1.29 is 28.5 Å². The number of carbonyl (C=O) groups is 2. The molecule has 1 amide bonds. The number of unbranched alkanes of at least 4 members (excludes halogenated alkanes) is 2. The first-order valence-corrected chi connectivity index (χ1v) is 13.2. The number of hydrazone groups is 1. The van der Waals surface area contributed by atoms with E-state index in [0.717, 1.165) is 32.1 Å². The smallest absolute Gasteiger partial charge is 0.343 e. The van der Waals surface area contributed by atoms with Crippen molar-refractivity contribution in [3.63, 3.8) is 0 Å². The van der Waals surface area contributed by atoms with Crippen LogP contribution < -0.4 is 24.4 Å². The number of benzene rings is 3. The fraction of sp³-hybridized carbons (Fsp3) is 0.323. The van der Waals surface area contributed by atoms with Gasteiger partial charge in [-0.2, -0.15) is 5.10 Å². The van der Waals surface area contributed by atoms with Crippen molar-refractivity contribution in [3.05, 3.63) is 83.4 Å². The monoisotopic (exact) mass is 532 g/mol. The molecule has 1 N–H and O–H groups in total. The maximum atomic E-state index is 12.6. The van der Waals surface area contributed by atoms with Gasteiger partial charge >= 0.3 is 5.97 Å². The highest BCUT2D eigenvalue weighted by atomic mass is 16.6. The molecule has 3 rings (SSSR count). The van der Waals surface area contributed by atoms with E-state index in [1.807, 2.05) is 24.3 Å². The third-order valence-electron chi connectivity index (χ3n) is 5.76.